The molecule has 0 bridgehead atoms. The first-order valence-electron chi connectivity index (χ1n) is 9.58. The van der Waals surface area contributed by atoms with Gasteiger partial charge in [0.25, 0.3) is 0 Å². The van der Waals surface area contributed by atoms with Gasteiger partial charge < -0.3 is 15.6 Å². The minimum atomic E-state index is 0.420. The monoisotopic (exact) mass is 401 g/mol. The maximum atomic E-state index is 6.36. The van der Waals surface area contributed by atoms with Crippen LogP contribution >= 0.6 is 11.6 Å². The van der Waals surface area contributed by atoms with Crippen LogP contribution in [0.4, 0.5) is 0 Å². The Balaban J connectivity index is 1.57. The van der Waals surface area contributed by atoms with Gasteiger partial charge in [-0.05, 0) is 37.9 Å². The molecule has 28 heavy (non-hydrogen) atoms. The fourth-order valence-corrected chi connectivity index (χ4v) is 3.67. The molecule has 1 aliphatic heterocycles. The average Bonchev–Trinajstić information content (AvgIpc) is 3.35. The number of nitrogens with two attached hydrogens (primary N) is 1. The molecule has 0 aliphatic carbocycles. The van der Waals surface area contributed by atoms with Crippen molar-refractivity contribution in [1.29, 1.82) is 0 Å². The molecule has 0 radical (unpaired) electrons. The molecule has 1 aromatic heterocycles. The second-order valence-electron chi connectivity index (χ2n) is 7.24. The molecule has 2 heterocycles. The third kappa shape index (κ3) is 5.44. The number of rotatable bonds is 8. The van der Waals surface area contributed by atoms with E-state index in [1.165, 1.54) is 5.56 Å². The first-order valence-corrected chi connectivity index (χ1v) is 9.96. The standard InChI is InChI=1S/C21H28ClN5O/c1-15-10-19(26-28-15)20(23)18(21(22)24-2)14-27-9-8-17(13-27)12-25-11-16-6-4-3-5-7-16/h3-7,10,17,25H,8-9,11-14,23H2,1-2H3/b20-18-,24-21?. The van der Waals surface area contributed by atoms with Crippen molar-refractivity contribution >= 4 is 22.5 Å². The van der Waals surface area contributed by atoms with E-state index < -0.39 is 0 Å². The van der Waals surface area contributed by atoms with Gasteiger partial charge in [-0.25, -0.2) is 0 Å². The number of hydrogen-bond donors (Lipinski definition) is 2. The molecular formula is C21H28ClN5O. The van der Waals surface area contributed by atoms with Gasteiger partial charge >= 0.3 is 0 Å². The fraction of sp³-hybridized carbons (Fsp3) is 0.429. The van der Waals surface area contributed by atoms with Crippen LogP contribution < -0.4 is 11.1 Å². The Kier molecular flexibility index (Phi) is 7.25. The summed E-state index contributed by atoms with van der Waals surface area (Å²) in [5, 5.41) is 8.00. The van der Waals surface area contributed by atoms with Crippen LogP contribution in [0.25, 0.3) is 5.70 Å². The SMILES string of the molecule is CN=C(Cl)/C(CN1CCC(CNCc2ccccc2)C1)=C(\N)c1cc(C)on1. The van der Waals surface area contributed by atoms with E-state index in [4.69, 9.17) is 21.9 Å². The van der Waals surface area contributed by atoms with Gasteiger partial charge in [-0.1, -0.05) is 47.1 Å². The summed E-state index contributed by atoms with van der Waals surface area (Å²) in [6, 6.07) is 12.3. The van der Waals surface area contributed by atoms with Gasteiger partial charge in [0, 0.05) is 38.3 Å². The van der Waals surface area contributed by atoms with Crippen molar-refractivity contribution in [3.05, 3.63) is 59.0 Å². The molecule has 1 aliphatic rings. The number of benzene rings is 1. The first-order chi connectivity index (χ1) is 13.6. The van der Waals surface area contributed by atoms with Gasteiger partial charge in [0.1, 0.15) is 16.6 Å². The quantitative estimate of drug-likeness (QED) is 0.664. The van der Waals surface area contributed by atoms with E-state index >= 15 is 0 Å². The maximum Gasteiger partial charge on any atom is 0.134 e. The zero-order valence-corrected chi connectivity index (χ0v) is 17.2. The van der Waals surface area contributed by atoms with Crippen molar-refractivity contribution in [2.45, 2.75) is 19.9 Å². The largest absolute Gasteiger partial charge is 0.397 e. The van der Waals surface area contributed by atoms with E-state index in [1.54, 1.807) is 7.05 Å². The summed E-state index contributed by atoms with van der Waals surface area (Å²) in [7, 11) is 1.67. The van der Waals surface area contributed by atoms with Crippen LogP contribution in [0.3, 0.4) is 0 Å². The second-order valence-corrected chi connectivity index (χ2v) is 7.59. The van der Waals surface area contributed by atoms with Crippen molar-refractivity contribution in [2.24, 2.45) is 16.6 Å². The highest BCUT2D eigenvalue weighted by Gasteiger charge is 2.25. The predicted molar refractivity (Wildman–Crippen MR) is 114 cm³/mol. The Morgan fingerprint density at radius 1 is 1.39 bits per heavy atom. The van der Waals surface area contributed by atoms with Gasteiger partial charge in [0.2, 0.25) is 0 Å². The van der Waals surface area contributed by atoms with Crippen molar-refractivity contribution < 1.29 is 4.52 Å². The Morgan fingerprint density at radius 2 is 2.18 bits per heavy atom. The van der Waals surface area contributed by atoms with Crippen LogP contribution in [0.5, 0.6) is 0 Å². The minimum absolute atomic E-state index is 0.420. The number of likely N-dealkylation sites (tertiary alicyclic amines) is 1. The third-order valence-electron chi connectivity index (χ3n) is 5.03. The molecule has 150 valence electrons. The van der Waals surface area contributed by atoms with E-state index in [0.717, 1.165) is 38.2 Å². The Bertz CT molecular complexity index is 830. The van der Waals surface area contributed by atoms with Crippen molar-refractivity contribution in [3.8, 4) is 0 Å². The zero-order chi connectivity index (χ0) is 19.9. The predicted octanol–water partition coefficient (Wildman–Crippen LogP) is 3.03. The van der Waals surface area contributed by atoms with Crippen LogP contribution in [0.1, 0.15) is 23.4 Å². The summed E-state index contributed by atoms with van der Waals surface area (Å²) in [5.74, 6) is 1.32. The summed E-state index contributed by atoms with van der Waals surface area (Å²) in [5.41, 5.74) is 9.58. The molecule has 0 saturated carbocycles. The first kappa shape index (κ1) is 20.6. The average molecular weight is 402 g/mol. The van der Waals surface area contributed by atoms with Crippen LogP contribution in [-0.2, 0) is 6.54 Å². The number of hydrogen-bond acceptors (Lipinski definition) is 6. The normalized spacial score (nSPS) is 19.1. The molecule has 2 aromatic rings. The summed E-state index contributed by atoms with van der Waals surface area (Å²) < 4.78 is 5.15. The molecule has 3 rings (SSSR count). The summed E-state index contributed by atoms with van der Waals surface area (Å²) in [6.45, 7) is 6.41. The highest BCUT2D eigenvalue weighted by atomic mass is 35.5. The van der Waals surface area contributed by atoms with E-state index in [2.05, 4.69) is 44.6 Å². The molecule has 0 spiro atoms. The molecule has 1 fully saturated rings. The Labute approximate surface area is 171 Å². The lowest BCUT2D eigenvalue weighted by Gasteiger charge is -2.19. The highest BCUT2D eigenvalue weighted by Crippen LogP contribution is 2.22. The second kappa shape index (κ2) is 9.87. The van der Waals surface area contributed by atoms with E-state index in [1.807, 2.05) is 19.1 Å². The molecule has 3 N–H and O–H groups in total. The molecular weight excluding hydrogens is 374 g/mol. The number of halogens is 1. The molecule has 1 saturated heterocycles. The number of aromatic nitrogens is 1. The topological polar surface area (TPSA) is 79.7 Å². The lowest BCUT2D eigenvalue weighted by atomic mass is 10.1. The summed E-state index contributed by atoms with van der Waals surface area (Å²) in [4.78, 5) is 6.51. The molecule has 1 unspecified atom stereocenters. The van der Waals surface area contributed by atoms with Crippen molar-refractivity contribution in [1.82, 2.24) is 15.4 Å². The lowest BCUT2D eigenvalue weighted by Crippen LogP contribution is -2.29. The van der Waals surface area contributed by atoms with Gasteiger partial charge in [-0.2, -0.15) is 0 Å². The number of aryl methyl sites for hydroxylation is 1. The smallest absolute Gasteiger partial charge is 0.134 e. The number of aliphatic imine (C=N–C) groups is 1. The third-order valence-corrected chi connectivity index (χ3v) is 5.43. The summed E-state index contributed by atoms with van der Waals surface area (Å²) >= 11 is 6.36. The Hall–Kier alpha value is -2.15. The molecule has 0 amide bonds. The number of nitrogens with one attached hydrogen (secondary N) is 1. The lowest BCUT2D eigenvalue weighted by molar-refractivity contribution is 0.351. The molecule has 1 atom stereocenters. The van der Waals surface area contributed by atoms with Crippen molar-refractivity contribution in [2.75, 3.05) is 33.2 Å². The fourth-order valence-electron chi connectivity index (χ4n) is 3.51. The van der Waals surface area contributed by atoms with E-state index in [9.17, 15) is 0 Å². The maximum absolute atomic E-state index is 6.36. The van der Waals surface area contributed by atoms with Crippen LogP contribution in [0.15, 0.2) is 51.5 Å². The Morgan fingerprint density at radius 3 is 2.86 bits per heavy atom. The number of nitrogens with zero attached hydrogens (tertiary/aromatic N) is 3. The molecule has 1 aromatic carbocycles. The molecule has 6 nitrogen and oxygen atoms in total. The summed E-state index contributed by atoms with van der Waals surface area (Å²) in [6.07, 6.45) is 1.15. The van der Waals surface area contributed by atoms with Crippen LogP contribution in [0.2, 0.25) is 0 Å². The van der Waals surface area contributed by atoms with Crippen LogP contribution in [-0.4, -0.2) is 48.5 Å². The van der Waals surface area contributed by atoms with Gasteiger partial charge in [0.15, 0.2) is 0 Å². The molecule has 7 heteroatoms. The van der Waals surface area contributed by atoms with Crippen molar-refractivity contribution in [3.63, 3.8) is 0 Å². The van der Waals surface area contributed by atoms with Crippen LogP contribution in [0, 0.1) is 12.8 Å². The van der Waals surface area contributed by atoms with Gasteiger partial charge in [-0.3, -0.25) is 9.89 Å². The van der Waals surface area contributed by atoms with E-state index in [-0.39, 0.29) is 0 Å². The van der Waals surface area contributed by atoms with E-state index in [0.29, 0.717) is 34.8 Å². The highest BCUT2D eigenvalue weighted by molar-refractivity contribution is 6.70. The van der Waals surface area contributed by atoms with Gasteiger partial charge in [-0.15, -0.1) is 0 Å². The van der Waals surface area contributed by atoms with Gasteiger partial charge in [0.05, 0.1) is 5.70 Å². The minimum Gasteiger partial charge on any atom is -0.397 e. The zero-order valence-electron chi connectivity index (χ0n) is 16.5.